The van der Waals surface area contributed by atoms with E-state index in [2.05, 4.69) is 23.5 Å². The molecule has 17 heavy (non-hydrogen) atoms. The van der Waals surface area contributed by atoms with Gasteiger partial charge in [-0.1, -0.05) is 18.2 Å². The Bertz CT molecular complexity index is 374. The molecule has 2 heterocycles. The maximum atomic E-state index is 5.67. The molecule has 1 N–H and O–H groups in total. The van der Waals surface area contributed by atoms with Gasteiger partial charge in [-0.3, -0.25) is 0 Å². The summed E-state index contributed by atoms with van der Waals surface area (Å²) in [7, 11) is 0. The van der Waals surface area contributed by atoms with E-state index < -0.39 is 0 Å². The van der Waals surface area contributed by atoms with Gasteiger partial charge >= 0.3 is 0 Å². The van der Waals surface area contributed by atoms with Crippen molar-refractivity contribution in [1.82, 2.24) is 5.32 Å². The van der Waals surface area contributed by atoms with Crippen LogP contribution in [0.15, 0.2) is 24.3 Å². The van der Waals surface area contributed by atoms with E-state index in [4.69, 9.17) is 9.47 Å². The normalized spacial score (nSPS) is 26.8. The largest absolute Gasteiger partial charge is 0.493 e. The smallest absolute Gasteiger partial charge is 0.122 e. The summed E-state index contributed by atoms with van der Waals surface area (Å²) in [5.41, 5.74) is 1.35. The lowest BCUT2D eigenvalue weighted by atomic mass is 10.0. The first-order chi connectivity index (χ1) is 8.43. The van der Waals surface area contributed by atoms with E-state index in [1.54, 1.807) is 0 Å². The van der Waals surface area contributed by atoms with Crippen molar-refractivity contribution in [2.75, 3.05) is 32.9 Å². The highest BCUT2D eigenvalue weighted by atomic mass is 16.5. The van der Waals surface area contributed by atoms with Gasteiger partial charge in [-0.05, 0) is 18.4 Å². The minimum atomic E-state index is 0.508. The van der Waals surface area contributed by atoms with Crippen molar-refractivity contribution in [3.63, 3.8) is 0 Å². The van der Waals surface area contributed by atoms with Crippen molar-refractivity contribution in [3.05, 3.63) is 29.8 Å². The van der Waals surface area contributed by atoms with E-state index in [1.165, 1.54) is 12.0 Å². The number of rotatable bonds is 4. The average Bonchev–Trinajstić information content (AvgIpc) is 2.99. The molecule has 3 rings (SSSR count). The molecule has 2 aliphatic heterocycles. The predicted octanol–water partition coefficient (Wildman–Crippen LogP) is 1.79. The van der Waals surface area contributed by atoms with Gasteiger partial charge in [0.2, 0.25) is 0 Å². The molecule has 2 aliphatic rings. The Morgan fingerprint density at radius 3 is 3.00 bits per heavy atom. The Morgan fingerprint density at radius 1 is 1.18 bits per heavy atom. The van der Waals surface area contributed by atoms with Crippen LogP contribution in [0.2, 0.25) is 0 Å². The standard InChI is InChI=1S/C14H19NO2/c1-2-4-14-13(3-1)12(10-17-14)8-15-7-11-5-6-16-9-11/h1-4,11-12,15H,5-10H2. The van der Waals surface area contributed by atoms with E-state index in [-0.39, 0.29) is 0 Å². The molecular formula is C14H19NO2. The third-order valence-electron chi connectivity index (χ3n) is 3.65. The van der Waals surface area contributed by atoms with Gasteiger partial charge in [0, 0.05) is 31.2 Å². The zero-order valence-electron chi connectivity index (χ0n) is 10.0. The summed E-state index contributed by atoms with van der Waals surface area (Å²) >= 11 is 0. The maximum Gasteiger partial charge on any atom is 0.122 e. The van der Waals surface area contributed by atoms with Crippen LogP contribution in [0.25, 0.3) is 0 Å². The first-order valence-corrected chi connectivity index (χ1v) is 6.43. The summed E-state index contributed by atoms with van der Waals surface area (Å²) in [4.78, 5) is 0. The van der Waals surface area contributed by atoms with Crippen molar-refractivity contribution in [3.8, 4) is 5.75 Å². The molecule has 1 aromatic rings. The molecule has 1 saturated heterocycles. The number of benzene rings is 1. The Hall–Kier alpha value is -1.06. The van der Waals surface area contributed by atoms with Crippen LogP contribution in [-0.4, -0.2) is 32.9 Å². The molecule has 3 heteroatoms. The van der Waals surface area contributed by atoms with E-state index in [0.29, 0.717) is 11.8 Å². The van der Waals surface area contributed by atoms with Crippen LogP contribution in [0.3, 0.4) is 0 Å². The first-order valence-electron chi connectivity index (χ1n) is 6.43. The third-order valence-corrected chi connectivity index (χ3v) is 3.65. The molecule has 0 spiro atoms. The quantitative estimate of drug-likeness (QED) is 0.860. The zero-order valence-corrected chi connectivity index (χ0v) is 10.0. The van der Waals surface area contributed by atoms with Crippen molar-refractivity contribution in [2.24, 2.45) is 5.92 Å². The number of hydrogen-bond donors (Lipinski definition) is 1. The third kappa shape index (κ3) is 2.45. The van der Waals surface area contributed by atoms with Crippen LogP contribution in [0.1, 0.15) is 17.9 Å². The van der Waals surface area contributed by atoms with Crippen molar-refractivity contribution < 1.29 is 9.47 Å². The summed E-state index contributed by atoms with van der Waals surface area (Å²) in [5.74, 6) is 2.27. The van der Waals surface area contributed by atoms with E-state index in [0.717, 1.165) is 38.7 Å². The molecule has 3 nitrogen and oxygen atoms in total. The molecule has 0 radical (unpaired) electrons. The number of hydrogen-bond acceptors (Lipinski definition) is 3. The Labute approximate surface area is 102 Å². The minimum Gasteiger partial charge on any atom is -0.493 e. The van der Waals surface area contributed by atoms with Gasteiger partial charge in [0.15, 0.2) is 0 Å². The van der Waals surface area contributed by atoms with E-state index in [1.807, 2.05) is 6.07 Å². The van der Waals surface area contributed by atoms with Crippen LogP contribution >= 0.6 is 0 Å². The summed E-state index contributed by atoms with van der Waals surface area (Å²) in [6, 6.07) is 8.35. The van der Waals surface area contributed by atoms with Crippen molar-refractivity contribution >= 4 is 0 Å². The predicted molar refractivity (Wildman–Crippen MR) is 66.5 cm³/mol. The average molecular weight is 233 g/mol. The monoisotopic (exact) mass is 233 g/mol. The van der Waals surface area contributed by atoms with Crippen LogP contribution in [0.4, 0.5) is 0 Å². The second-order valence-electron chi connectivity index (χ2n) is 4.93. The Morgan fingerprint density at radius 2 is 2.12 bits per heavy atom. The lowest BCUT2D eigenvalue weighted by Crippen LogP contribution is -2.28. The highest BCUT2D eigenvalue weighted by Gasteiger charge is 2.23. The molecule has 1 aromatic carbocycles. The molecule has 0 aromatic heterocycles. The molecule has 0 bridgehead atoms. The topological polar surface area (TPSA) is 30.5 Å². The molecule has 0 aliphatic carbocycles. The number of fused-ring (bicyclic) bond motifs is 1. The number of nitrogens with one attached hydrogen (secondary N) is 1. The van der Waals surface area contributed by atoms with Gasteiger partial charge in [-0.15, -0.1) is 0 Å². The lowest BCUT2D eigenvalue weighted by molar-refractivity contribution is 0.185. The Kier molecular flexibility index (Phi) is 3.29. The van der Waals surface area contributed by atoms with Crippen LogP contribution < -0.4 is 10.1 Å². The number of para-hydroxylation sites is 1. The molecule has 0 amide bonds. The van der Waals surface area contributed by atoms with Gasteiger partial charge < -0.3 is 14.8 Å². The SMILES string of the molecule is c1ccc2c(c1)OCC2CNCC1CCOC1. The van der Waals surface area contributed by atoms with Gasteiger partial charge in [-0.25, -0.2) is 0 Å². The second-order valence-corrected chi connectivity index (χ2v) is 4.93. The fourth-order valence-electron chi connectivity index (χ4n) is 2.60. The molecule has 1 fully saturated rings. The summed E-state index contributed by atoms with van der Waals surface area (Å²) in [5, 5.41) is 3.55. The summed E-state index contributed by atoms with van der Waals surface area (Å²) < 4.78 is 11.0. The van der Waals surface area contributed by atoms with Crippen molar-refractivity contribution in [2.45, 2.75) is 12.3 Å². The van der Waals surface area contributed by atoms with Gasteiger partial charge in [0.1, 0.15) is 5.75 Å². The van der Waals surface area contributed by atoms with Gasteiger partial charge in [0.25, 0.3) is 0 Å². The minimum absolute atomic E-state index is 0.508. The van der Waals surface area contributed by atoms with Crippen LogP contribution in [-0.2, 0) is 4.74 Å². The second kappa shape index (κ2) is 5.07. The number of ether oxygens (including phenoxy) is 2. The van der Waals surface area contributed by atoms with Gasteiger partial charge in [0.05, 0.1) is 13.2 Å². The zero-order chi connectivity index (χ0) is 11.5. The fourth-order valence-corrected chi connectivity index (χ4v) is 2.60. The summed E-state index contributed by atoms with van der Waals surface area (Å²) in [6.45, 7) is 4.74. The maximum absolute atomic E-state index is 5.67. The molecular weight excluding hydrogens is 214 g/mol. The Balaban J connectivity index is 1.50. The van der Waals surface area contributed by atoms with Gasteiger partial charge in [-0.2, -0.15) is 0 Å². The fraction of sp³-hybridized carbons (Fsp3) is 0.571. The first kappa shape index (κ1) is 11.1. The summed E-state index contributed by atoms with van der Waals surface area (Å²) in [6.07, 6.45) is 1.20. The molecule has 2 atom stereocenters. The van der Waals surface area contributed by atoms with E-state index >= 15 is 0 Å². The highest BCUT2D eigenvalue weighted by Crippen LogP contribution is 2.32. The molecule has 2 unspecified atom stereocenters. The van der Waals surface area contributed by atoms with Crippen LogP contribution in [0, 0.1) is 5.92 Å². The highest BCUT2D eigenvalue weighted by molar-refractivity contribution is 5.39. The van der Waals surface area contributed by atoms with E-state index in [9.17, 15) is 0 Å². The van der Waals surface area contributed by atoms with Crippen LogP contribution in [0.5, 0.6) is 5.75 Å². The molecule has 92 valence electrons. The van der Waals surface area contributed by atoms with Crippen molar-refractivity contribution in [1.29, 1.82) is 0 Å². The molecule has 0 saturated carbocycles. The lowest BCUT2D eigenvalue weighted by Gasteiger charge is -2.13.